The minimum absolute atomic E-state index is 0.0996. The second kappa shape index (κ2) is 8.27. The van der Waals surface area contributed by atoms with Crippen molar-refractivity contribution in [3.8, 4) is 5.75 Å². The first-order valence-electron chi connectivity index (χ1n) is 6.97. The van der Waals surface area contributed by atoms with E-state index in [1.807, 2.05) is 18.2 Å². The van der Waals surface area contributed by atoms with Gasteiger partial charge < -0.3 is 15.8 Å². The third-order valence-corrected chi connectivity index (χ3v) is 3.89. The Kier molecular flexibility index (Phi) is 7.02. The zero-order valence-electron chi connectivity index (χ0n) is 12.3. The Hall–Kier alpha value is -1.07. The van der Waals surface area contributed by atoms with Gasteiger partial charge in [0.15, 0.2) is 6.10 Å². The first kappa shape index (κ1) is 17.0. The molecule has 1 rings (SSSR count). The number of rotatable bonds is 7. The predicted octanol–water partition coefficient (Wildman–Crippen LogP) is 2.98. The summed E-state index contributed by atoms with van der Waals surface area (Å²) in [5.41, 5.74) is 6.57. The Labute approximate surface area is 129 Å². The number of carbonyl (C=O) groups is 1. The lowest BCUT2D eigenvalue weighted by atomic mass is 10.1. The average molecular weight is 343 g/mol. The largest absolute Gasteiger partial charge is 0.479 e. The SMILES string of the molecule is CCC(CC)NC(=O)C(C)Oc1c(Br)cccc1CN. The summed E-state index contributed by atoms with van der Waals surface area (Å²) in [5.74, 6) is 0.541. The Balaban J connectivity index is 2.75. The number of halogens is 1. The summed E-state index contributed by atoms with van der Waals surface area (Å²) in [5, 5.41) is 2.98. The van der Waals surface area contributed by atoms with Crippen LogP contribution in [-0.2, 0) is 11.3 Å². The number of benzene rings is 1. The van der Waals surface area contributed by atoms with Crippen LogP contribution < -0.4 is 15.8 Å². The van der Waals surface area contributed by atoms with Gasteiger partial charge in [0.05, 0.1) is 4.47 Å². The van der Waals surface area contributed by atoms with Crippen molar-refractivity contribution >= 4 is 21.8 Å². The molecular formula is C15H23BrN2O2. The summed E-state index contributed by atoms with van der Waals surface area (Å²) >= 11 is 3.43. The van der Waals surface area contributed by atoms with E-state index in [0.29, 0.717) is 12.3 Å². The summed E-state index contributed by atoms with van der Waals surface area (Å²) in [7, 11) is 0. The fourth-order valence-corrected chi connectivity index (χ4v) is 2.39. The highest BCUT2D eigenvalue weighted by atomic mass is 79.9. The maximum Gasteiger partial charge on any atom is 0.260 e. The lowest BCUT2D eigenvalue weighted by Crippen LogP contribution is -2.42. The van der Waals surface area contributed by atoms with Crippen molar-refractivity contribution in [2.45, 2.75) is 52.3 Å². The van der Waals surface area contributed by atoms with Gasteiger partial charge in [0, 0.05) is 18.2 Å². The molecule has 1 amide bonds. The molecule has 0 fully saturated rings. The van der Waals surface area contributed by atoms with E-state index in [0.717, 1.165) is 22.9 Å². The van der Waals surface area contributed by atoms with E-state index >= 15 is 0 Å². The molecule has 0 radical (unpaired) electrons. The van der Waals surface area contributed by atoms with Gasteiger partial charge in [-0.05, 0) is 41.8 Å². The van der Waals surface area contributed by atoms with E-state index in [4.69, 9.17) is 10.5 Å². The third kappa shape index (κ3) is 4.49. The Morgan fingerprint density at radius 3 is 2.60 bits per heavy atom. The number of para-hydroxylation sites is 1. The highest BCUT2D eigenvalue weighted by Gasteiger charge is 2.19. The molecule has 1 aromatic carbocycles. The van der Waals surface area contributed by atoms with Crippen molar-refractivity contribution in [3.63, 3.8) is 0 Å². The van der Waals surface area contributed by atoms with Crippen molar-refractivity contribution in [2.24, 2.45) is 5.73 Å². The molecule has 1 aromatic rings. The van der Waals surface area contributed by atoms with Gasteiger partial charge >= 0.3 is 0 Å². The molecule has 0 spiro atoms. The first-order valence-corrected chi connectivity index (χ1v) is 7.77. The number of amides is 1. The van der Waals surface area contributed by atoms with Crippen LogP contribution in [-0.4, -0.2) is 18.1 Å². The first-order chi connectivity index (χ1) is 9.53. The molecule has 1 atom stereocenters. The summed E-state index contributed by atoms with van der Waals surface area (Å²) in [6.07, 6.45) is 1.27. The molecular weight excluding hydrogens is 320 g/mol. The van der Waals surface area contributed by atoms with Gasteiger partial charge in [-0.15, -0.1) is 0 Å². The van der Waals surface area contributed by atoms with Gasteiger partial charge in [0.1, 0.15) is 5.75 Å². The van der Waals surface area contributed by atoms with Crippen LogP contribution in [0.2, 0.25) is 0 Å². The number of ether oxygens (including phenoxy) is 1. The number of carbonyl (C=O) groups excluding carboxylic acids is 1. The molecule has 0 aliphatic heterocycles. The molecule has 3 N–H and O–H groups in total. The molecule has 0 aliphatic carbocycles. The van der Waals surface area contributed by atoms with Gasteiger partial charge in [0.25, 0.3) is 5.91 Å². The second-order valence-corrected chi connectivity index (χ2v) is 5.57. The summed E-state index contributed by atoms with van der Waals surface area (Å²) in [6.45, 7) is 6.23. The summed E-state index contributed by atoms with van der Waals surface area (Å²) in [4.78, 5) is 12.1. The van der Waals surface area contributed by atoms with E-state index in [1.54, 1.807) is 6.92 Å². The molecule has 4 nitrogen and oxygen atoms in total. The number of hydrogen-bond acceptors (Lipinski definition) is 3. The molecule has 112 valence electrons. The monoisotopic (exact) mass is 342 g/mol. The van der Waals surface area contributed by atoms with E-state index in [2.05, 4.69) is 35.1 Å². The fourth-order valence-electron chi connectivity index (χ4n) is 1.89. The molecule has 0 aliphatic rings. The van der Waals surface area contributed by atoms with E-state index in [-0.39, 0.29) is 11.9 Å². The number of nitrogens with one attached hydrogen (secondary N) is 1. The third-order valence-electron chi connectivity index (χ3n) is 3.26. The average Bonchev–Trinajstić information content (AvgIpc) is 2.46. The van der Waals surface area contributed by atoms with Gasteiger partial charge in [-0.1, -0.05) is 26.0 Å². The molecule has 0 saturated carbocycles. The van der Waals surface area contributed by atoms with Gasteiger partial charge in [0.2, 0.25) is 0 Å². The number of hydrogen-bond donors (Lipinski definition) is 2. The second-order valence-electron chi connectivity index (χ2n) is 4.71. The normalized spacial score (nSPS) is 12.3. The van der Waals surface area contributed by atoms with Gasteiger partial charge in [-0.2, -0.15) is 0 Å². The van der Waals surface area contributed by atoms with E-state index in [9.17, 15) is 4.79 Å². The number of nitrogens with two attached hydrogens (primary N) is 1. The van der Waals surface area contributed by atoms with Crippen molar-refractivity contribution in [3.05, 3.63) is 28.2 Å². The van der Waals surface area contributed by atoms with Crippen LogP contribution >= 0.6 is 15.9 Å². The summed E-state index contributed by atoms with van der Waals surface area (Å²) in [6, 6.07) is 5.86. The zero-order valence-corrected chi connectivity index (χ0v) is 13.9. The van der Waals surface area contributed by atoms with Crippen LogP contribution in [0.25, 0.3) is 0 Å². The Morgan fingerprint density at radius 1 is 1.40 bits per heavy atom. The van der Waals surface area contributed by atoms with Crippen molar-refractivity contribution in [1.82, 2.24) is 5.32 Å². The van der Waals surface area contributed by atoms with Crippen LogP contribution in [0.1, 0.15) is 39.2 Å². The maximum atomic E-state index is 12.1. The van der Waals surface area contributed by atoms with Crippen LogP contribution in [0.5, 0.6) is 5.75 Å². The topological polar surface area (TPSA) is 64.3 Å². The van der Waals surface area contributed by atoms with E-state index in [1.165, 1.54) is 0 Å². The Bertz CT molecular complexity index is 447. The lowest BCUT2D eigenvalue weighted by Gasteiger charge is -2.21. The minimum atomic E-state index is -0.556. The van der Waals surface area contributed by atoms with Crippen LogP contribution in [0.15, 0.2) is 22.7 Å². The van der Waals surface area contributed by atoms with Crippen molar-refractivity contribution in [2.75, 3.05) is 0 Å². The molecule has 20 heavy (non-hydrogen) atoms. The van der Waals surface area contributed by atoms with Crippen molar-refractivity contribution < 1.29 is 9.53 Å². The zero-order chi connectivity index (χ0) is 15.1. The van der Waals surface area contributed by atoms with E-state index < -0.39 is 6.10 Å². The molecule has 0 aromatic heterocycles. The molecule has 0 bridgehead atoms. The standard InChI is InChI=1S/C15H23BrN2O2/c1-4-12(5-2)18-15(19)10(3)20-14-11(9-17)7-6-8-13(14)16/h6-8,10,12H,4-5,9,17H2,1-3H3,(H,18,19). The quantitative estimate of drug-likeness (QED) is 0.800. The van der Waals surface area contributed by atoms with Crippen molar-refractivity contribution in [1.29, 1.82) is 0 Å². The molecule has 0 heterocycles. The smallest absolute Gasteiger partial charge is 0.260 e. The minimum Gasteiger partial charge on any atom is -0.479 e. The Morgan fingerprint density at radius 2 is 2.05 bits per heavy atom. The van der Waals surface area contributed by atoms with Crippen LogP contribution in [0, 0.1) is 0 Å². The molecule has 0 saturated heterocycles. The highest BCUT2D eigenvalue weighted by molar-refractivity contribution is 9.10. The fraction of sp³-hybridized carbons (Fsp3) is 0.533. The maximum absolute atomic E-state index is 12.1. The lowest BCUT2D eigenvalue weighted by molar-refractivity contribution is -0.128. The van der Waals surface area contributed by atoms with Crippen LogP contribution in [0.4, 0.5) is 0 Å². The van der Waals surface area contributed by atoms with Crippen LogP contribution in [0.3, 0.4) is 0 Å². The predicted molar refractivity (Wildman–Crippen MR) is 84.6 cm³/mol. The highest BCUT2D eigenvalue weighted by Crippen LogP contribution is 2.29. The van der Waals surface area contributed by atoms with Gasteiger partial charge in [-0.3, -0.25) is 4.79 Å². The molecule has 5 heteroatoms. The molecule has 1 unspecified atom stereocenters. The van der Waals surface area contributed by atoms with Gasteiger partial charge in [-0.25, -0.2) is 0 Å². The summed E-state index contributed by atoms with van der Waals surface area (Å²) < 4.78 is 6.59.